The highest BCUT2D eigenvalue weighted by Gasteiger charge is 2.33. The number of carbonyl (C=O) groups is 1. The standard InChI is InChI=1S/C16H25NO2/c1-5-16(6-2,11-17)15(18)13-7-9-14(10-8-13)19-12(3)4/h7-10,12H,5-6,11,17H2,1-4H3. The molecule has 2 N–H and O–H groups in total. The van der Waals surface area contributed by atoms with Gasteiger partial charge in [0.05, 0.1) is 6.10 Å². The van der Waals surface area contributed by atoms with Crippen LogP contribution >= 0.6 is 0 Å². The fraction of sp³-hybridized carbons (Fsp3) is 0.562. The van der Waals surface area contributed by atoms with E-state index in [1.165, 1.54) is 0 Å². The SMILES string of the molecule is CCC(CC)(CN)C(=O)c1ccc(OC(C)C)cc1. The van der Waals surface area contributed by atoms with E-state index < -0.39 is 5.41 Å². The molecular formula is C16H25NO2. The number of hydrogen-bond acceptors (Lipinski definition) is 3. The summed E-state index contributed by atoms with van der Waals surface area (Å²) in [6.45, 7) is 8.39. The van der Waals surface area contributed by atoms with Gasteiger partial charge in [-0.05, 0) is 51.0 Å². The molecule has 0 aromatic heterocycles. The third-order valence-corrected chi connectivity index (χ3v) is 3.71. The summed E-state index contributed by atoms with van der Waals surface area (Å²) in [6, 6.07) is 7.35. The van der Waals surface area contributed by atoms with Crippen LogP contribution in [0, 0.1) is 5.41 Å². The van der Waals surface area contributed by atoms with E-state index >= 15 is 0 Å². The molecule has 1 aromatic carbocycles. The summed E-state index contributed by atoms with van der Waals surface area (Å²) in [4.78, 5) is 12.6. The van der Waals surface area contributed by atoms with Crippen LogP contribution in [0.15, 0.2) is 24.3 Å². The van der Waals surface area contributed by atoms with Crippen LogP contribution in [0.25, 0.3) is 0 Å². The Morgan fingerprint density at radius 1 is 1.21 bits per heavy atom. The third kappa shape index (κ3) is 3.57. The van der Waals surface area contributed by atoms with Crippen molar-refractivity contribution in [2.75, 3.05) is 6.54 Å². The van der Waals surface area contributed by atoms with Gasteiger partial charge in [-0.15, -0.1) is 0 Å². The number of Topliss-reactive ketones (excluding diaryl/α,β-unsaturated/α-hetero) is 1. The van der Waals surface area contributed by atoms with Crippen LogP contribution in [0.4, 0.5) is 0 Å². The van der Waals surface area contributed by atoms with Crippen LogP contribution in [0.5, 0.6) is 5.75 Å². The highest BCUT2D eigenvalue weighted by molar-refractivity contribution is 6.00. The Balaban J connectivity index is 2.94. The lowest BCUT2D eigenvalue weighted by Gasteiger charge is -2.28. The minimum atomic E-state index is -0.430. The number of hydrogen-bond donors (Lipinski definition) is 1. The summed E-state index contributed by atoms with van der Waals surface area (Å²) >= 11 is 0. The van der Waals surface area contributed by atoms with Gasteiger partial charge in [-0.1, -0.05) is 13.8 Å². The van der Waals surface area contributed by atoms with Crippen molar-refractivity contribution in [3.8, 4) is 5.75 Å². The summed E-state index contributed by atoms with van der Waals surface area (Å²) in [7, 11) is 0. The first-order valence-corrected chi connectivity index (χ1v) is 7.00. The number of ether oxygens (including phenoxy) is 1. The molecule has 0 aliphatic carbocycles. The van der Waals surface area contributed by atoms with E-state index in [2.05, 4.69) is 0 Å². The van der Waals surface area contributed by atoms with Crippen LogP contribution in [0.1, 0.15) is 50.9 Å². The highest BCUT2D eigenvalue weighted by atomic mass is 16.5. The van der Waals surface area contributed by atoms with Crippen molar-refractivity contribution in [2.45, 2.75) is 46.6 Å². The van der Waals surface area contributed by atoms with Crippen molar-refractivity contribution in [3.63, 3.8) is 0 Å². The summed E-state index contributed by atoms with van der Waals surface area (Å²) in [5, 5.41) is 0. The quantitative estimate of drug-likeness (QED) is 0.767. The summed E-state index contributed by atoms with van der Waals surface area (Å²) in [6.07, 6.45) is 1.67. The van der Waals surface area contributed by atoms with E-state index in [4.69, 9.17) is 10.5 Å². The molecule has 0 amide bonds. The molecule has 0 aliphatic rings. The minimum absolute atomic E-state index is 0.135. The Bertz CT molecular complexity index is 397. The molecular weight excluding hydrogens is 238 g/mol. The fourth-order valence-corrected chi connectivity index (χ4v) is 2.22. The monoisotopic (exact) mass is 263 g/mol. The van der Waals surface area contributed by atoms with Crippen molar-refractivity contribution in [2.24, 2.45) is 11.1 Å². The van der Waals surface area contributed by atoms with Gasteiger partial charge >= 0.3 is 0 Å². The maximum atomic E-state index is 12.6. The van der Waals surface area contributed by atoms with E-state index in [0.29, 0.717) is 12.1 Å². The lowest BCUT2D eigenvalue weighted by atomic mass is 9.76. The topological polar surface area (TPSA) is 52.3 Å². The molecule has 0 saturated carbocycles. The predicted molar refractivity (Wildman–Crippen MR) is 78.6 cm³/mol. The molecule has 0 radical (unpaired) electrons. The van der Waals surface area contributed by atoms with E-state index in [0.717, 1.165) is 18.6 Å². The number of nitrogens with two attached hydrogens (primary N) is 1. The second-order valence-corrected chi connectivity index (χ2v) is 5.21. The molecule has 106 valence electrons. The largest absolute Gasteiger partial charge is 0.491 e. The Morgan fingerprint density at radius 3 is 2.11 bits per heavy atom. The Morgan fingerprint density at radius 2 is 1.74 bits per heavy atom. The van der Waals surface area contributed by atoms with Crippen molar-refractivity contribution < 1.29 is 9.53 Å². The molecule has 0 saturated heterocycles. The van der Waals surface area contributed by atoms with Crippen LogP contribution in [-0.4, -0.2) is 18.4 Å². The molecule has 3 heteroatoms. The average Bonchev–Trinajstić information content (AvgIpc) is 2.41. The molecule has 0 unspecified atom stereocenters. The summed E-state index contributed by atoms with van der Waals surface area (Å²) < 4.78 is 5.58. The number of carbonyl (C=O) groups excluding carboxylic acids is 1. The molecule has 0 spiro atoms. The van der Waals surface area contributed by atoms with E-state index in [9.17, 15) is 4.79 Å². The predicted octanol–water partition coefficient (Wildman–Crippen LogP) is 3.42. The minimum Gasteiger partial charge on any atom is -0.491 e. The maximum Gasteiger partial charge on any atom is 0.170 e. The lowest BCUT2D eigenvalue weighted by Crippen LogP contribution is -2.37. The van der Waals surface area contributed by atoms with Gasteiger partial charge in [-0.25, -0.2) is 0 Å². The molecule has 0 heterocycles. The average molecular weight is 263 g/mol. The number of benzene rings is 1. The second-order valence-electron chi connectivity index (χ2n) is 5.21. The van der Waals surface area contributed by atoms with Crippen LogP contribution < -0.4 is 10.5 Å². The molecule has 0 fully saturated rings. The van der Waals surface area contributed by atoms with Gasteiger partial charge in [0.25, 0.3) is 0 Å². The molecule has 3 nitrogen and oxygen atoms in total. The van der Waals surface area contributed by atoms with Crippen LogP contribution in [0.2, 0.25) is 0 Å². The van der Waals surface area contributed by atoms with E-state index in [-0.39, 0.29) is 11.9 Å². The van der Waals surface area contributed by atoms with Crippen molar-refractivity contribution in [3.05, 3.63) is 29.8 Å². The van der Waals surface area contributed by atoms with Gasteiger partial charge < -0.3 is 10.5 Å². The molecule has 19 heavy (non-hydrogen) atoms. The molecule has 0 aliphatic heterocycles. The van der Waals surface area contributed by atoms with Gasteiger partial charge in [-0.3, -0.25) is 4.79 Å². The number of rotatable bonds is 7. The van der Waals surface area contributed by atoms with Gasteiger partial charge in [0.1, 0.15) is 5.75 Å². The normalized spacial score (nSPS) is 11.7. The molecule has 0 atom stereocenters. The Hall–Kier alpha value is -1.35. The molecule has 1 aromatic rings. The van der Waals surface area contributed by atoms with E-state index in [1.807, 2.05) is 52.0 Å². The van der Waals surface area contributed by atoms with Crippen LogP contribution in [-0.2, 0) is 0 Å². The number of ketones is 1. The Labute approximate surface area is 116 Å². The third-order valence-electron chi connectivity index (χ3n) is 3.71. The molecule has 0 bridgehead atoms. The zero-order chi connectivity index (χ0) is 14.5. The van der Waals surface area contributed by atoms with Gasteiger partial charge in [-0.2, -0.15) is 0 Å². The molecule has 1 rings (SSSR count). The van der Waals surface area contributed by atoms with Crippen molar-refractivity contribution in [1.82, 2.24) is 0 Å². The second kappa shape index (κ2) is 6.71. The first kappa shape index (κ1) is 15.7. The maximum absolute atomic E-state index is 12.6. The first-order chi connectivity index (χ1) is 8.99. The van der Waals surface area contributed by atoms with Gasteiger partial charge in [0, 0.05) is 17.5 Å². The summed E-state index contributed by atoms with van der Waals surface area (Å²) in [5.41, 5.74) is 6.10. The van der Waals surface area contributed by atoms with E-state index in [1.54, 1.807) is 0 Å². The van der Waals surface area contributed by atoms with Gasteiger partial charge in [0.15, 0.2) is 5.78 Å². The van der Waals surface area contributed by atoms with Crippen molar-refractivity contribution in [1.29, 1.82) is 0 Å². The zero-order valence-electron chi connectivity index (χ0n) is 12.4. The fourth-order valence-electron chi connectivity index (χ4n) is 2.22. The smallest absolute Gasteiger partial charge is 0.170 e. The first-order valence-electron chi connectivity index (χ1n) is 7.00. The zero-order valence-corrected chi connectivity index (χ0v) is 12.4. The highest BCUT2D eigenvalue weighted by Crippen LogP contribution is 2.30. The Kier molecular flexibility index (Phi) is 5.55. The van der Waals surface area contributed by atoms with Crippen molar-refractivity contribution >= 4 is 5.78 Å². The van der Waals surface area contributed by atoms with Gasteiger partial charge in [0.2, 0.25) is 0 Å². The summed E-state index contributed by atoms with van der Waals surface area (Å²) in [5.74, 6) is 0.925. The van der Waals surface area contributed by atoms with Crippen LogP contribution in [0.3, 0.4) is 0 Å². The lowest BCUT2D eigenvalue weighted by molar-refractivity contribution is 0.0787.